The van der Waals surface area contributed by atoms with Gasteiger partial charge in [0.15, 0.2) is 11.5 Å². The summed E-state index contributed by atoms with van der Waals surface area (Å²) < 4.78 is 39.8. The van der Waals surface area contributed by atoms with Crippen LogP contribution in [0.1, 0.15) is 59.7 Å². The van der Waals surface area contributed by atoms with Crippen LogP contribution in [0.3, 0.4) is 0 Å². The van der Waals surface area contributed by atoms with Crippen LogP contribution in [0.5, 0.6) is 0 Å². The first kappa shape index (κ1) is 27.5. The molecule has 1 amide bonds. The molecule has 0 unspecified atom stereocenters. The van der Waals surface area contributed by atoms with E-state index >= 15 is 0 Å². The molecule has 2 aromatic carbocycles. The van der Waals surface area contributed by atoms with E-state index in [1.807, 2.05) is 32.0 Å². The third-order valence-corrected chi connectivity index (χ3v) is 7.07. The van der Waals surface area contributed by atoms with Gasteiger partial charge in [-0.15, -0.1) is 5.10 Å². The van der Waals surface area contributed by atoms with Crippen molar-refractivity contribution in [2.24, 2.45) is 0 Å². The van der Waals surface area contributed by atoms with Gasteiger partial charge in [-0.1, -0.05) is 25.1 Å². The molecule has 0 aliphatic heterocycles. The first-order chi connectivity index (χ1) is 19.1. The first-order valence-corrected chi connectivity index (χ1v) is 13.6. The van der Waals surface area contributed by atoms with Crippen molar-refractivity contribution in [3.8, 4) is 11.3 Å². The van der Waals surface area contributed by atoms with Crippen LogP contribution < -0.4 is 16.0 Å². The van der Waals surface area contributed by atoms with Gasteiger partial charge in [0.1, 0.15) is 0 Å². The molecule has 0 radical (unpaired) electrons. The molecule has 0 bridgehead atoms. The van der Waals surface area contributed by atoms with Crippen molar-refractivity contribution in [1.82, 2.24) is 19.9 Å². The lowest BCUT2D eigenvalue weighted by molar-refractivity contribution is -0.134. The number of amides is 1. The van der Waals surface area contributed by atoms with E-state index in [0.717, 1.165) is 41.6 Å². The summed E-state index contributed by atoms with van der Waals surface area (Å²) >= 11 is 0. The molecule has 2 aromatic heterocycles. The number of hydrogen-bond acceptors (Lipinski definition) is 5. The van der Waals surface area contributed by atoms with Crippen molar-refractivity contribution in [3.63, 3.8) is 0 Å². The fourth-order valence-electron chi connectivity index (χ4n) is 4.60. The van der Waals surface area contributed by atoms with E-state index in [1.54, 1.807) is 22.8 Å². The Kier molecular flexibility index (Phi) is 7.69. The summed E-state index contributed by atoms with van der Waals surface area (Å²) in [7, 11) is 0. The predicted octanol–water partition coefficient (Wildman–Crippen LogP) is 6.97. The summed E-state index contributed by atoms with van der Waals surface area (Å²) in [5.41, 5.74) is 7.17. The minimum absolute atomic E-state index is 0.0600. The van der Waals surface area contributed by atoms with Gasteiger partial charge in [-0.25, -0.2) is 9.50 Å². The number of hydrogen-bond donors (Lipinski definition) is 3. The second-order valence-electron chi connectivity index (χ2n) is 10.4. The van der Waals surface area contributed by atoms with Crippen LogP contribution in [0.2, 0.25) is 0 Å². The van der Waals surface area contributed by atoms with E-state index in [1.165, 1.54) is 5.56 Å². The van der Waals surface area contributed by atoms with E-state index in [2.05, 4.69) is 40.0 Å². The Bertz CT molecular complexity index is 1540. The summed E-state index contributed by atoms with van der Waals surface area (Å²) in [4.78, 5) is 17.2. The summed E-state index contributed by atoms with van der Waals surface area (Å²) in [6.45, 7) is 6.12. The lowest BCUT2D eigenvalue weighted by Gasteiger charge is -2.15. The molecule has 0 saturated heterocycles. The molecule has 40 heavy (non-hydrogen) atoms. The van der Waals surface area contributed by atoms with Crippen LogP contribution in [0.4, 0.5) is 30.4 Å². The van der Waals surface area contributed by atoms with Crippen LogP contribution in [0.15, 0.2) is 48.7 Å². The zero-order valence-corrected chi connectivity index (χ0v) is 22.8. The molecule has 1 aliphatic carbocycles. The Balaban J connectivity index is 1.50. The number of carbonyl (C=O) groups excluding carboxylic acids is 1. The van der Waals surface area contributed by atoms with Gasteiger partial charge in [0.2, 0.25) is 0 Å². The second kappa shape index (κ2) is 11.2. The second-order valence-corrected chi connectivity index (χ2v) is 10.4. The topological polar surface area (TPSA) is 83.3 Å². The predicted molar refractivity (Wildman–Crippen MR) is 151 cm³/mol. The molecule has 0 atom stereocenters. The van der Waals surface area contributed by atoms with Gasteiger partial charge < -0.3 is 16.0 Å². The van der Waals surface area contributed by atoms with E-state index in [4.69, 9.17) is 5.10 Å². The molecule has 5 rings (SSSR count). The summed E-state index contributed by atoms with van der Waals surface area (Å²) in [5.74, 6) is 0.447. The van der Waals surface area contributed by atoms with Gasteiger partial charge >= 0.3 is 6.18 Å². The highest BCUT2D eigenvalue weighted by atomic mass is 19.4. The molecule has 1 fully saturated rings. The average molecular weight is 551 g/mol. The number of imidazole rings is 1. The fraction of sp³-hybridized carbons (Fsp3) is 0.367. The molecule has 1 aliphatic rings. The Labute approximate surface area is 231 Å². The lowest BCUT2D eigenvalue weighted by atomic mass is 10.0. The molecule has 2 heterocycles. The monoisotopic (exact) mass is 550 g/mol. The molecular formula is C30H33F3N6O. The highest BCUT2D eigenvalue weighted by Crippen LogP contribution is 2.30. The zero-order valence-electron chi connectivity index (χ0n) is 22.8. The van der Waals surface area contributed by atoms with Crippen molar-refractivity contribution >= 4 is 28.7 Å². The number of halogens is 3. The third-order valence-electron chi connectivity index (χ3n) is 7.07. The van der Waals surface area contributed by atoms with Crippen LogP contribution >= 0.6 is 0 Å². The number of nitrogens with one attached hydrogen (secondary N) is 3. The Morgan fingerprint density at radius 3 is 2.55 bits per heavy atom. The van der Waals surface area contributed by atoms with E-state index < -0.39 is 12.6 Å². The summed E-state index contributed by atoms with van der Waals surface area (Å²) in [5, 5.41) is 14.4. The van der Waals surface area contributed by atoms with Crippen LogP contribution in [0.25, 0.3) is 16.9 Å². The van der Waals surface area contributed by atoms with Gasteiger partial charge in [-0.05, 0) is 74.4 Å². The highest BCUT2D eigenvalue weighted by Gasteiger charge is 2.26. The van der Waals surface area contributed by atoms with Crippen molar-refractivity contribution in [2.45, 2.75) is 65.1 Å². The largest absolute Gasteiger partial charge is 0.389 e. The molecule has 3 N–H and O–H groups in total. The van der Waals surface area contributed by atoms with Gasteiger partial charge in [-0.3, -0.25) is 4.79 Å². The van der Waals surface area contributed by atoms with Crippen LogP contribution in [-0.4, -0.2) is 39.3 Å². The molecule has 1 saturated carbocycles. The fourth-order valence-corrected chi connectivity index (χ4v) is 4.60. The highest BCUT2D eigenvalue weighted by molar-refractivity contribution is 5.96. The van der Waals surface area contributed by atoms with Gasteiger partial charge in [0, 0.05) is 41.9 Å². The Hall–Kier alpha value is -4.08. The van der Waals surface area contributed by atoms with E-state index in [9.17, 15) is 18.0 Å². The molecule has 10 heteroatoms. The number of rotatable bonds is 10. The molecule has 0 spiro atoms. The minimum Gasteiger partial charge on any atom is -0.382 e. The van der Waals surface area contributed by atoms with Crippen molar-refractivity contribution in [1.29, 1.82) is 0 Å². The normalized spacial score (nSPS) is 13.4. The maximum absolute atomic E-state index is 12.7. The molecule has 4 aromatic rings. The quantitative estimate of drug-likeness (QED) is 0.186. The summed E-state index contributed by atoms with van der Waals surface area (Å²) in [6, 6.07) is 13.8. The van der Waals surface area contributed by atoms with Crippen LogP contribution in [0, 0.1) is 13.8 Å². The number of anilines is 3. The molecule has 7 nitrogen and oxygen atoms in total. The number of alkyl halides is 3. The Morgan fingerprint density at radius 2 is 1.85 bits per heavy atom. The lowest BCUT2D eigenvalue weighted by Crippen LogP contribution is -2.26. The number of benzene rings is 2. The maximum atomic E-state index is 12.7. The van der Waals surface area contributed by atoms with Crippen molar-refractivity contribution in [3.05, 3.63) is 70.9 Å². The standard InChI is InChI=1S/C30H33F3N6O/c1-4-20-7-6-18(2)24(15-20)37-27-16-25(34-13-5-12-30(31,32)33)28-35-17-26(39(28)38-27)21-8-11-23(19(3)14-21)29(40)36-22-9-10-22/h6-8,11,14-17,22,34H,4-5,9-10,12-13H2,1-3H3,(H,36,40)(H,37,38). The van der Waals surface area contributed by atoms with Crippen LogP contribution in [-0.2, 0) is 6.42 Å². The molecule has 210 valence electrons. The van der Waals surface area contributed by atoms with E-state index in [-0.39, 0.29) is 24.9 Å². The molecular weight excluding hydrogens is 517 g/mol. The average Bonchev–Trinajstić information content (AvgIpc) is 3.62. The Morgan fingerprint density at radius 1 is 1.05 bits per heavy atom. The van der Waals surface area contributed by atoms with Gasteiger partial charge in [0.25, 0.3) is 5.91 Å². The maximum Gasteiger partial charge on any atom is 0.389 e. The SMILES string of the molecule is CCc1ccc(C)c(Nc2cc(NCCCC(F)(F)F)c3ncc(-c4ccc(C(=O)NC5CC5)c(C)c4)n3n2)c1. The minimum atomic E-state index is -4.20. The first-order valence-electron chi connectivity index (χ1n) is 13.6. The number of aryl methyl sites for hydroxylation is 3. The third kappa shape index (κ3) is 6.38. The van der Waals surface area contributed by atoms with Crippen molar-refractivity contribution < 1.29 is 18.0 Å². The van der Waals surface area contributed by atoms with Crippen molar-refractivity contribution in [2.75, 3.05) is 17.2 Å². The van der Waals surface area contributed by atoms with Gasteiger partial charge in [-0.2, -0.15) is 13.2 Å². The smallest absolute Gasteiger partial charge is 0.382 e. The number of nitrogens with zero attached hydrogens (tertiary/aromatic N) is 3. The van der Waals surface area contributed by atoms with Gasteiger partial charge in [0.05, 0.1) is 17.6 Å². The van der Waals surface area contributed by atoms with E-state index in [0.29, 0.717) is 28.4 Å². The number of aromatic nitrogens is 3. The number of carbonyl (C=O) groups is 1. The summed E-state index contributed by atoms with van der Waals surface area (Å²) in [6.07, 6.45) is -0.528. The zero-order chi connectivity index (χ0) is 28.4. The number of fused-ring (bicyclic) bond motifs is 1.